The Labute approximate surface area is 208 Å². The molecule has 4 heterocycles. The molecule has 2 aromatic carbocycles. The number of hydrogen-bond acceptors (Lipinski definition) is 7. The fourth-order valence-corrected chi connectivity index (χ4v) is 4.49. The lowest BCUT2D eigenvalue weighted by atomic mass is 9.95. The number of rotatable bonds is 6. The monoisotopic (exact) mass is 480 g/mol. The highest BCUT2D eigenvalue weighted by molar-refractivity contribution is 6.13. The number of hydrogen-bond donors (Lipinski definition) is 0. The quantitative estimate of drug-likeness (QED) is 0.354. The van der Waals surface area contributed by atoms with Crippen molar-refractivity contribution in [2.45, 2.75) is 12.6 Å². The van der Waals surface area contributed by atoms with Crippen LogP contribution in [0.25, 0.3) is 22.3 Å². The molecule has 0 N–H and O–H groups in total. The van der Waals surface area contributed by atoms with Gasteiger partial charge in [-0.05, 0) is 23.3 Å². The van der Waals surface area contributed by atoms with E-state index in [-0.39, 0.29) is 18.4 Å². The smallest absolute Gasteiger partial charge is 0.230 e. The molecule has 2 fully saturated rings. The average molecular weight is 481 g/mol. The molecule has 0 aliphatic carbocycles. The van der Waals surface area contributed by atoms with Crippen LogP contribution in [0.5, 0.6) is 0 Å². The molecule has 0 bridgehead atoms. The Hall–Kier alpha value is -3.75. The number of benzene rings is 2. The SMILES string of the molecule is O=C(c1ncccc1-c1ccc(C2OCCO2)cc1)c1ncccc1-c1ccc(C2OCCO2)cc1. The van der Waals surface area contributed by atoms with E-state index >= 15 is 0 Å². The second-order valence-electron chi connectivity index (χ2n) is 8.52. The van der Waals surface area contributed by atoms with E-state index in [2.05, 4.69) is 9.97 Å². The normalized spacial score (nSPS) is 16.4. The van der Waals surface area contributed by atoms with Crippen molar-refractivity contribution in [2.24, 2.45) is 0 Å². The molecule has 2 aromatic heterocycles. The Morgan fingerprint density at radius 1 is 0.583 bits per heavy atom. The van der Waals surface area contributed by atoms with Crippen LogP contribution in [0.1, 0.15) is 39.9 Å². The molecule has 2 aliphatic heterocycles. The predicted octanol–water partition coefficient (Wildman–Crippen LogP) is 5.13. The lowest BCUT2D eigenvalue weighted by molar-refractivity contribution is -0.0443. The van der Waals surface area contributed by atoms with Gasteiger partial charge in [-0.1, -0.05) is 60.7 Å². The van der Waals surface area contributed by atoms with Crippen molar-refractivity contribution < 1.29 is 23.7 Å². The van der Waals surface area contributed by atoms with Gasteiger partial charge in [0.1, 0.15) is 11.4 Å². The Morgan fingerprint density at radius 3 is 1.36 bits per heavy atom. The predicted molar refractivity (Wildman–Crippen MR) is 132 cm³/mol. The van der Waals surface area contributed by atoms with Gasteiger partial charge in [0, 0.05) is 34.6 Å². The van der Waals surface area contributed by atoms with Gasteiger partial charge in [0.2, 0.25) is 5.78 Å². The van der Waals surface area contributed by atoms with Crippen molar-refractivity contribution in [3.05, 3.63) is 108 Å². The van der Waals surface area contributed by atoms with Gasteiger partial charge in [0.05, 0.1) is 26.4 Å². The fraction of sp³-hybridized carbons (Fsp3) is 0.207. The minimum Gasteiger partial charge on any atom is -0.346 e. The molecule has 0 amide bonds. The van der Waals surface area contributed by atoms with Crippen LogP contribution in [-0.2, 0) is 18.9 Å². The highest BCUT2D eigenvalue weighted by Gasteiger charge is 2.23. The molecule has 7 nitrogen and oxygen atoms in total. The first kappa shape index (κ1) is 22.7. The third kappa shape index (κ3) is 4.45. The second-order valence-corrected chi connectivity index (χ2v) is 8.52. The molecule has 180 valence electrons. The molecule has 4 aromatic rings. The first-order valence-corrected chi connectivity index (χ1v) is 11.9. The number of carbonyl (C=O) groups is 1. The Morgan fingerprint density at radius 2 is 0.972 bits per heavy atom. The maximum absolute atomic E-state index is 13.8. The van der Waals surface area contributed by atoms with E-state index in [9.17, 15) is 4.79 Å². The zero-order chi connectivity index (χ0) is 24.3. The van der Waals surface area contributed by atoms with Crippen LogP contribution in [-0.4, -0.2) is 42.2 Å². The topological polar surface area (TPSA) is 79.8 Å². The summed E-state index contributed by atoms with van der Waals surface area (Å²) in [6.07, 6.45) is 2.57. The summed E-state index contributed by atoms with van der Waals surface area (Å²) in [7, 11) is 0. The number of carbonyl (C=O) groups excluding carboxylic acids is 1. The van der Waals surface area contributed by atoms with Gasteiger partial charge in [0.25, 0.3) is 0 Å². The van der Waals surface area contributed by atoms with Crippen molar-refractivity contribution in [3.8, 4) is 22.3 Å². The minimum absolute atomic E-state index is 0.237. The minimum atomic E-state index is -0.344. The largest absolute Gasteiger partial charge is 0.346 e. The molecule has 7 heteroatoms. The van der Waals surface area contributed by atoms with Crippen molar-refractivity contribution >= 4 is 5.78 Å². The van der Waals surface area contributed by atoms with Gasteiger partial charge < -0.3 is 18.9 Å². The number of pyridine rings is 2. The zero-order valence-corrected chi connectivity index (χ0v) is 19.5. The molecular weight excluding hydrogens is 456 g/mol. The van der Waals surface area contributed by atoms with Gasteiger partial charge in [-0.2, -0.15) is 0 Å². The summed E-state index contributed by atoms with van der Waals surface area (Å²) in [6, 6.07) is 23.1. The summed E-state index contributed by atoms with van der Waals surface area (Å²) >= 11 is 0. The molecular formula is C29H24N2O5. The van der Waals surface area contributed by atoms with E-state index in [0.29, 0.717) is 37.8 Å². The lowest BCUT2D eigenvalue weighted by Gasteiger charge is -2.13. The van der Waals surface area contributed by atoms with Gasteiger partial charge in [-0.3, -0.25) is 14.8 Å². The van der Waals surface area contributed by atoms with Gasteiger partial charge in [-0.25, -0.2) is 0 Å². The Bertz CT molecular complexity index is 1250. The van der Waals surface area contributed by atoms with E-state index in [0.717, 1.165) is 33.4 Å². The summed E-state index contributed by atoms with van der Waals surface area (Å²) in [5.74, 6) is -0.237. The van der Waals surface area contributed by atoms with Crippen LogP contribution in [0.4, 0.5) is 0 Å². The summed E-state index contributed by atoms with van der Waals surface area (Å²) in [6.45, 7) is 2.35. The second kappa shape index (κ2) is 10.1. The fourth-order valence-electron chi connectivity index (χ4n) is 4.49. The van der Waals surface area contributed by atoms with Crippen LogP contribution in [0.2, 0.25) is 0 Å². The first-order chi connectivity index (χ1) is 17.8. The van der Waals surface area contributed by atoms with E-state index < -0.39 is 0 Å². The number of ether oxygens (including phenoxy) is 4. The lowest BCUT2D eigenvalue weighted by Crippen LogP contribution is -2.10. The van der Waals surface area contributed by atoms with Gasteiger partial charge in [0.15, 0.2) is 12.6 Å². The van der Waals surface area contributed by atoms with E-state index in [1.807, 2.05) is 72.8 Å². The van der Waals surface area contributed by atoms with Crippen LogP contribution in [0.3, 0.4) is 0 Å². The van der Waals surface area contributed by atoms with Crippen molar-refractivity contribution in [3.63, 3.8) is 0 Å². The van der Waals surface area contributed by atoms with Gasteiger partial charge >= 0.3 is 0 Å². The van der Waals surface area contributed by atoms with Crippen molar-refractivity contribution in [1.82, 2.24) is 9.97 Å². The van der Waals surface area contributed by atoms with Crippen molar-refractivity contribution in [1.29, 1.82) is 0 Å². The maximum Gasteiger partial charge on any atom is 0.230 e. The van der Waals surface area contributed by atoms with E-state index in [1.54, 1.807) is 12.4 Å². The van der Waals surface area contributed by atoms with Crippen LogP contribution in [0, 0.1) is 0 Å². The average Bonchev–Trinajstić information content (AvgIpc) is 3.68. The molecule has 0 radical (unpaired) electrons. The summed E-state index contributed by atoms with van der Waals surface area (Å²) in [5, 5.41) is 0. The maximum atomic E-state index is 13.8. The molecule has 0 atom stereocenters. The van der Waals surface area contributed by atoms with Crippen molar-refractivity contribution in [2.75, 3.05) is 26.4 Å². The van der Waals surface area contributed by atoms with E-state index in [1.165, 1.54) is 0 Å². The van der Waals surface area contributed by atoms with Gasteiger partial charge in [-0.15, -0.1) is 0 Å². The number of ketones is 1. The first-order valence-electron chi connectivity index (χ1n) is 11.9. The van der Waals surface area contributed by atoms with Crippen LogP contribution >= 0.6 is 0 Å². The summed E-state index contributed by atoms with van der Waals surface area (Å²) in [4.78, 5) is 22.7. The zero-order valence-electron chi connectivity index (χ0n) is 19.5. The molecule has 0 spiro atoms. The third-order valence-corrected chi connectivity index (χ3v) is 6.28. The van der Waals surface area contributed by atoms with E-state index in [4.69, 9.17) is 18.9 Å². The number of aromatic nitrogens is 2. The molecule has 2 aliphatic rings. The highest BCUT2D eigenvalue weighted by Crippen LogP contribution is 2.31. The third-order valence-electron chi connectivity index (χ3n) is 6.28. The summed E-state index contributed by atoms with van der Waals surface area (Å²) in [5.41, 5.74) is 5.83. The highest BCUT2D eigenvalue weighted by atomic mass is 16.7. The molecule has 0 unspecified atom stereocenters. The van der Waals surface area contributed by atoms with Crippen LogP contribution < -0.4 is 0 Å². The standard InChI is InChI=1S/C29H24N2O5/c32-27(25-23(3-1-13-30-25)19-5-9-21(10-6-19)28-33-15-16-34-28)26-24(4-2-14-31-26)20-7-11-22(12-8-20)29-35-17-18-36-29/h1-14,28-29H,15-18H2. The molecule has 36 heavy (non-hydrogen) atoms. The molecule has 2 saturated heterocycles. The molecule has 6 rings (SSSR count). The Balaban J connectivity index is 1.32. The molecule has 0 saturated carbocycles. The number of nitrogens with zero attached hydrogens (tertiary/aromatic N) is 2. The van der Waals surface area contributed by atoms with Crippen LogP contribution in [0.15, 0.2) is 85.2 Å². The Kier molecular flexibility index (Phi) is 6.36. The summed E-state index contributed by atoms with van der Waals surface area (Å²) < 4.78 is 22.3.